The summed E-state index contributed by atoms with van der Waals surface area (Å²) >= 11 is 0. The molecule has 4 atom stereocenters. The Morgan fingerprint density at radius 2 is 1.73 bits per heavy atom. The van der Waals surface area contributed by atoms with Crippen molar-refractivity contribution in [2.24, 2.45) is 17.4 Å². The fourth-order valence-corrected chi connectivity index (χ4v) is 6.96. The molecule has 3 amide bonds. The van der Waals surface area contributed by atoms with E-state index >= 15 is 0 Å². The third kappa shape index (κ3) is 4.54. The van der Waals surface area contributed by atoms with Gasteiger partial charge in [-0.25, -0.2) is 0 Å². The molecule has 41 heavy (non-hydrogen) atoms. The normalized spacial score (nSPS) is 22.4. The first-order valence-corrected chi connectivity index (χ1v) is 13.9. The number of hydrogen-bond acceptors (Lipinski definition) is 7. The molecule has 0 radical (unpaired) electrons. The average molecular weight is 553 g/mol. The first-order chi connectivity index (χ1) is 19.7. The maximum Gasteiger partial charge on any atom is 0.248 e. The summed E-state index contributed by atoms with van der Waals surface area (Å²) in [4.78, 5) is 42.4. The summed E-state index contributed by atoms with van der Waals surface area (Å²) < 4.78 is 0. The SMILES string of the molecule is C[C@H](CC1(c2nnc[nH]2)c2ccc(C(N)=O)cc2CCc2cc(C(N)=O)ccc21)NCC(=O)N1C(C#N)C[C@@H]2C[C@@H]21. The number of H-pyrrole nitrogens is 1. The number of amides is 3. The summed E-state index contributed by atoms with van der Waals surface area (Å²) in [5.74, 6) is -0.0449. The number of primary amides is 2. The highest BCUT2D eigenvalue weighted by Crippen LogP contribution is 2.48. The number of likely N-dealkylation sites (tertiary alicyclic amines) is 1. The zero-order valence-corrected chi connectivity index (χ0v) is 22.8. The van der Waals surface area contributed by atoms with Crippen molar-refractivity contribution < 1.29 is 14.4 Å². The van der Waals surface area contributed by atoms with Crippen LogP contribution in [0.2, 0.25) is 0 Å². The number of nitrogens with one attached hydrogen (secondary N) is 2. The van der Waals surface area contributed by atoms with E-state index in [4.69, 9.17) is 11.5 Å². The number of aryl methyl sites for hydroxylation is 2. The van der Waals surface area contributed by atoms with Crippen molar-refractivity contribution in [2.75, 3.05) is 6.54 Å². The Labute approximate surface area is 237 Å². The third-order valence-electron chi connectivity index (χ3n) is 8.94. The maximum atomic E-state index is 13.2. The molecule has 2 heterocycles. The van der Waals surface area contributed by atoms with Gasteiger partial charge in [-0.1, -0.05) is 12.1 Å². The lowest BCUT2D eigenvalue weighted by Gasteiger charge is -2.37. The predicted octanol–water partition coefficient (Wildman–Crippen LogP) is 1.32. The van der Waals surface area contributed by atoms with Gasteiger partial charge in [-0.2, -0.15) is 5.26 Å². The number of benzene rings is 2. The van der Waals surface area contributed by atoms with Crippen molar-refractivity contribution in [3.05, 3.63) is 81.9 Å². The highest BCUT2D eigenvalue weighted by Gasteiger charge is 2.54. The van der Waals surface area contributed by atoms with Crippen molar-refractivity contribution in [3.8, 4) is 6.07 Å². The molecule has 210 valence electrons. The highest BCUT2D eigenvalue weighted by molar-refractivity contribution is 5.94. The molecule has 11 nitrogen and oxygen atoms in total. The zero-order valence-electron chi connectivity index (χ0n) is 22.8. The van der Waals surface area contributed by atoms with Crippen LogP contribution in [0.3, 0.4) is 0 Å². The molecule has 1 saturated heterocycles. The van der Waals surface area contributed by atoms with Crippen LogP contribution in [-0.2, 0) is 23.1 Å². The van der Waals surface area contributed by atoms with Crippen molar-refractivity contribution >= 4 is 17.7 Å². The number of nitrogens with two attached hydrogens (primary N) is 2. The van der Waals surface area contributed by atoms with Crippen LogP contribution in [0.4, 0.5) is 0 Å². The molecular weight excluding hydrogens is 520 g/mol. The van der Waals surface area contributed by atoms with E-state index in [0.717, 1.165) is 35.1 Å². The van der Waals surface area contributed by atoms with Crippen LogP contribution >= 0.6 is 0 Å². The summed E-state index contributed by atoms with van der Waals surface area (Å²) in [5, 5.41) is 21.5. The molecular formula is C30H32N8O3. The minimum atomic E-state index is -0.857. The van der Waals surface area contributed by atoms with Crippen LogP contribution in [0, 0.1) is 17.2 Å². The lowest BCUT2D eigenvalue weighted by atomic mass is 9.67. The van der Waals surface area contributed by atoms with Gasteiger partial charge >= 0.3 is 0 Å². The molecule has 0 spiro atoms. The van der Waals surface area contributed by atoms with Crippen LogP contribution in [0.1, 0.15) is 75.0 Å². The van der Waals surface area contributed by atoms with E-state index in [-0.39, 0.29) is 30.6 Å². The van der Waals surface area contributed by atoms with Gasteiger partial charge in [0, 0.05) is 23.2 Å². The van der Waals surface area contributed by atoms with Crippen LogP contribution < -0.4 is 16.8 Å². The van der Waals surface area contributed by atoms with Gasteiger partial charge in [0.15, 0.2) is 0 Å². The van der Waals surface area contributed by atoms with Crippen LogP contribution in [0.5, 0.6) is 0 Å². The maximum absolute atomic E-state index is 13.2. The number of rotatable bonds is 8. The lowest BCUT2D eigenvalue weighted by Crippen LogP contribution is -2.46. The Balaban J connectivity index is 1.40. The third-order valence-corrected chi connectivity index (χ3v) is 8.94. The monoisotopic (exact) mass is 552 g/mol. The predicted molar refractivity (Wildman–Crippen MR) is 148 cm³/mol. The number of hydrogen-bond donors (Lipinski definition) is 4. The Morgan fingerprint density at radius 3 is 2.27 bits per heavy atom. The minimum absolute atomic E-state index is 0.0685. The first kappa shape index (κ1) is 26.7. The number of aromatic nitrogens is 3. The van der Waals surface area contributed by atoms with E-state index in [1.54, 1.807) is 17.0 Å². The minimum Gasteiger partial charge on any atom is -0.366 e. The molecule has 11 heteroatoms. The van der Waals surface area contributed by atoms with Gasteiger partial charge in [-0.05, 0) is 91.5 Å². The zero-order chi connectivity index (χ0) is 28.9. The molecule has 1 aromatic heterocycles. The number of nitrogens with zero attached hydrogens (tertiary/aromatic N) is 4. The van der Waals surface area contributed by atoms with Crippen LogP contribution in [0.15, 0.2) is 42.7 Å². The van der Waals surface area contributed by atoms with E-state index in [9.17, 15) is 19.6 Å². The van der Waals surface area contributed by atoms with Gasteiger partial charge in [0.2, 0.25) is 17.7 Å². The first-order valence-electron chi connectivity index (χ1n) is 13.9. The highest BCUT2D eigenvalue weighted by atomic mass is 16.2. The second kappa shape index (κ2) is 10.1. The van der Waals surface area contributed by atoms with Crippen molar-refractivity contribution in [1.29, 1.82) is 5.26 Å². The van der Waals surface area contributed by atoms with E-state index < -0.39 is 17.2 Å². The smallest absolute Gasteiger partial charge is 0.248 e. The number of fused-ring (bicyclic) bond motifs is 3. The van der Waals surface area contributed by atoms with E-state index in [0.29, 0.717) is 42.1 Å². The van der Waals surface area contributed by atoms with E-state index in [1.807, 2.05) is 31.2 Å². The topological polar surface area (TPSA) is 184 Å². The Hall–Kier alpha value is -4.56. The summed E-state index contributed by atoms with van der Waals surface area (Å²) in [6, 6.07) is 12.8. The Kier molecular flexibility index (Phi) is 6.58. The van der Waals surface area contributed by atoms with Gasteiger partial charge < -0.3 is 26.7 Å². The quantitative estimate of drug-likeness (QED) is 0.325. The molecule has 2 aliphatic carbocycles. The van der Waals surface area contributed by atoms with Gasteiger partial charge in [-0.15, -0.1) is 10.2 Å². The summed E-state index contributed by atoms with van der Waals surface area (Å²) in [6.45, 7) is 2.12. The van der Waals surface area contributed by atoms with Crippen molar-refractivity contribution in [2.45, 2.75) is 62.6 Å². The summed E-state index contributed by atoms with van der Waals surface area (Å²) in [5.41, 5.74) is 15.0. The molecule has 3 aliphatic rings. The fourth-order valence-electron chi connectivity index (χ4n) is 6.96. The molecule has 6 rings (SSSR count). The average Bonchev–Trinajstić information content (AvgIpc) is 3.35. The van der Waals surface area contributed by atoms with Gasteiger partial charge in [0.05, 0.1) is 18.0 Å². The van der Waals surface area contributed by atoms with Gasteiger partial charge in [0.25, 0.3) is 0 Å². The Bertz CT molecular complexity index is 1510. The molecule has 2 aromatic carbocycles. The number of nitriles is 1. The lowest BCUT2D eigenvalue weighted by molar-refractivity contribution is -0.131. The second-order valence-corrected chi connectivity index (χ2v) is 11.4. The molecule has 6 N–H and O–H groups in total. The van der Waals surface area contributed by atoms with Crippen LogP contribution in [-0.4, -0.2) is 62.5 Å². The van der Waals surface area contributed by atoms with Gasteiger partial charge in [-0.3, -0.25) is 14.4 Å². The van der Waals surface area contributed by atoms with E-state index in [2.05, 4.69) is 26.6 Å². The van der Waals surface area contributed by atoms with Crippen molar-refractivity contribution in [1.82, 2.24) is 25.4 Å². The largest absolute Gasteiger partial charge is 0.366 e. The summed E-state index contributed by atoms with van der Waals surface area (Å²) in [7, 11) is 0. The molecule has 1 unspecified atom stereocenters. The molecule has 2 fully saturated rings. The molecule has 1 aliphatic heterocycles. The standard InChI is InChI=1S/C30H32N8O3/c1-16(34-14-26(39)38-22(13-31)10-21-11-25(21)38)12-30(29-35-15-36-37-29)23-6-4-19(27(32)40)8-17(23)2-3-18-9-20(28(33)41)5-7-24(18)30/h4-9,15-16,21-22,25,34H,2-3,10-12,14H2,1H3,(H2,32,40)(H2,33,41)(H,35,36,37)/t16-,21-,22?,25+/m1/s1. The van der Waals surface area contributed by atoms with Gasteiger partial charge in [0.1, 0.15) is 18.2 Å². The van der Waals surface area contributed by atoms with Crippen LogP contribution in [0.25, 0.3) is 0 Å². The van der Waals surface area contributed by atoms with E-state index in [1.165, 1.54) is 6.33 Å². The number of piperidine rings is 1. The van der Waals surface area contributed by atoms with Crippen molar-refractivity contribution in [3.63, 3.8) is 0 Å². The number of aromatic amines is 1. The molecule has 0 bridgehead atoms. The molecule has 3 aromatic rings. The summed E-state index contributed by atoms with van der Waals surface area (Å²) in [6.07, 6.45) is 4.95. The fraction of sp³-hybridized carbons (Fsp3) is 0.400. The number of carbonyl (C=O) groups is 3. The number of carbonyl (C=O) groups excluding carboxylic acids is 3. The second-order valence-electron chi connectivity index (χ2n) is 11.4. The molecule has 1 saturated carbocycles. The Morgan fingerprint density at radius 1 is 1.10 bits per heavy atom.